The summed E-state index contributed by atoms with van der Waals surface area (Å²) in [4.78, 5) is 58.7. The minimum Gasteiger partial charge on any atom is -0.456 e. The van der Waals surface area contributed by atoms with E-state index in [0.717, 1.165) is 41.5 Å². The van der Waals surface area contributed by atoms with Crippen LogP contribution in [0.3, 0.4) is 0 Å². The van der Waals surface area contributed by atoms with Gasteiger partial charge in [0.2, 0.25) is 5.79 Å². The van der Waals surface area contributed by atoms with Crippen molar-refractivity contribution in [1.82, 2.24) is 9.47 Å². The quantitative estimate of drug-likeness (QED) is 0.112. The van der Waals surface area contributed by atoms with Gasteiger partial charge in [-0.25, -0.2) is 4.79 Å². The average molecular weight is 960 g/mol. The number of ether oxygens (including phenoxy) is 5. The van der Waals surface area contributed by atoms with Crippen LogP contribution >= 0.6 is 0 Å². The SMILES string of the molecule is C=CCn1ccc2cc(NC3CCC(C=C(C)C4OC(=O)C5CCCCN5C(=O)C(=O)C5(O)OC(C(OC)CC(C)C/C(C)=C/C(CC)C(=O)CC(O)C4C)C(OC)CC5C)CC3OCC)ccc21. The molecule has 1 aliphatic carbocycles. The Bertz CT molecular complexity index is 2170. The van der Waals surface area contributed by atoms with Crippen molar-refractivity contribution < 1.29 is 53.1 Å². The monoisotopic (exact) mass is 960 g/mol. The van der Waals surface area contributed by atoms with E-state index in [9.17, 15) is 29.4 Å². The number of benzene rings is 1. The van der Waals surface area contributed by atoms with Gasteiger partial charge in [0.1, 0.15) is 24.0 Å². The number of carbonyl (C=O) groups excluding carboxylic acids is 4. The zero-order valence-corrected chi connectivity index (χ0v) is 42.7. The van der Waals surface area contributed by atoms with Gasteiger partial charge in [0.25, 0.3) is 11.7 Å². The Balaban J connectivity index is 1.30. The van der Waals surface area contributed by atoms with Gasteiger partial charge in [-0.15, -0.1) is 6.58 Å². The Morgan fingerprint density at radius 2 is 1.71 bits per heavy atom. The van der Waals surface area contributed by atoms with Gasteiger partial charge in [0, 0.05) is 80.9 Å². The first-order chi connectivity index (χ1) is 33.0. The van der Waals surface area contributed by atoms with E-state index in [1.807, 2.05) is 39.8 Å². The van der Waals surface area contributed by atoms with Crippen LogP contribution < -0.4 is 5.32 Å². The first-order valence-electron chi connectivity index (χ1n) is 25.6. The highest BCUT2D eigenvalue weighted by Crippen LogP contribution is 2.40. The number of aromatic nitrogens is 1. The third-order valence-electron chi connectivity index (χ3n) is 15.5. The van der Waals surface area contributed by atoms with Crippen LogP contribution in [0, 0.1) is 29.6 Å². The lowest BCUT2D eigenvalue weighted by molar-refractivity contribution is -0.302. The molecule has 2 saturated heterocycles. The fourth-order valence-electron chi connectivity index (χ4n) is 11.5. The molecule has 0 radical (unpaired) electrons. The second kappa shape index (κ2) is 24.3. The number of fused-ring (bicyclic) bond motifs is 4. The summed E-state index contributed by atoms with van der Waals surface area (Å²) in [5.74, 6) is -7.41. The summed E-state index contributed by atoms with van der Waals surface area (Å²) in [7, 11) is 3.09. The molecule has 1 aromatic carbocycles. The lowest BCUT2D eigenvalue weighted by atomic mass is 9.80. The maximum absolute atomic E-state index is 14.6. The topological polar surface area (TPSA) is 175 Å². The molecular formula is C55H81N3O11. The summed E-state index contributed by atoms with van der Waals surface area (Å²) in [5.41, 5.74) is 3.87. The van der Waals surface area contributed by atoms with Crippen molar-refractivity contribution in [1.29, 1.82) is 0 Å². The molecule has 6 rings (SSSR count). The highest BCUT2D eigenvalue weighted by molar-refractivity contribution is 6.39. The molecule has 14 nitrogen and oxygen atoms in total. The molecule has 4 aliphatic rings. The van der Waals surface area contributed by atoms with Crippen LogP contribution in [0.25, 0.3) is 10.9 Å². The van der Waals surface area contributed by atoms with E-state index in [0.29, 0.717) is 50.7 Å². The second-order valence-corrected chi connectivity index (χ2v) is 20.6. The molecule has 3 N–H and O–H groups in total. The molecule has 14 atom stereocenters. The lowest BCUT2D eigenvalue weighted by Gasteiger charge is -2.47. The normalized spacial score (nSPS) is 35.9. The molecule has 0 spiro atoms. The van der Waals surface area contributed by atoms with Gasteiger partial charge in [0.15, 0.2) is 0 Å². The minimum atomic E-state index is -2.51. The number of hydrogen-bond donors (Lipinski definition) is 3. The summed E-state index contributed by atoms with van der Waals surface area (Å²) in [5, 5.41) is 29.0. The number of nitrogens with one attached hydrogen (secondary N) is 1. The Kier molecular flexibility index (Phi) is 19.1. The molecule has 4 heterocycles. The Hall–Kier alpha value is -4.18. The number of rotatable bonds is 11. The van der Waals surface area contributed by atoms with Gasteiger partial charge in [-0.2, -0.15) is 0 Å². The van der Waals surface area contributed by atoms with Gasteiger partial charge in [0.05, 0.1) is 30.5 Å². The number of nitrogens with zero attached hydrogens (tertiary/aromatic N) is 2. The van der Waals surface area contributed by atoms with Crippen LogP contribution in [-0.2, 0) is 49.4 Å². The van der Waals surface area contributed by atoms with Crippen molar-refractivity contribution in [3.05, 3.63) is 66.4 Å². The standard InChI is InChI=1S/C55H81N3O11/c1-11-22-57-24-21-40-31-41(18-20-43(40)57)56-42-19-17-38(30-47(42)67-13-3)28-35(6)50-37(8)45(59)32-46(60)39(12-2)26-33(4)25-34(5)27-48(65-9)51-49(66-10)29-36(7)55(64,69-51)52(61)53(62)58-23-15-14-16-44(58)54(63)68-50/h11,18,20-21,24,26,28,31,34,36-39,42,44-45,47-51,56,59,64H,1,12-17,19,22-23,25,27,29-30,32H2,2-10H3/b33-26+,35-28?. The Morgan fingerprint density at radius 3 is 2.41 bits per heavy atom. The van der Waals surface area contributed by atoms with Crippen molar-refractivity contribution in [2.45, 2.75) is 180 Å². The maximum Gasteiger partial charge on any atom is 0.329 e. The molecule has 1 aromatic heterocycles. The first-order valence-corrected chi connectivity index (χ1v) is 25.6. The van der Waals surface area contributed by atoms with E-state index in [-0.39, 0.29) is 55.6 Å². The van der Waals surface area contributed by atoms with Crippen molar-refractivity contribution in [2.24, 2.45) is 29.6 Å². The number of piperidine rings is 1. The van der Waals surface area contributed by atoms with E-state index < -0.39 is 77.8 Å². The molecule has 14 heteroatoms. The number of anilines is 1. The van der Waals surface area contributed by atoms with Gasteiger partial charge < -0.3 is 48.7 Å². The molecule has 1 saturated carbocycles. The van der Waals surface area contributed by atoms with Crippen molar-refractivity contribution in [3.63, 3.8) is 0 Å². The number of allylic oxidation sites excluding steroid dienone is 4. The number of cyclic esters (lactones) is 1. The Labute approximate surface area is 410 Å². The maximum atomic E-state index is 14.6. The number of ketones is 2. The third-order valence-corrected chi connectivity index (χ3v) is 15.5. The molecule has 1 amide bonds. The van der Waals surface area contributed by atoms with Gasteiger partial charge in [-0.3, -0.25) is 14.4 Å². The number of Topliss-reactive ketones (excluding diaryl/α,β-unsaturated/α-hetero) is 2. The van der Waals surface area contributed by atoms with Gasteiger partial charge in [-0.1, -0.05) is 51.5 Å². The zero-order valence-electron chi connectivity index (χ0n) is 42.7. The molecule has 69 heavy (non-hydrogen) atoms. The predicted octanol–water partition coefficient (Wildman–Crippen LogP) is 8.12. The fraction of sp³-hybridized carbons (Fsp3) is 0.673. The number of aliphatic hydroxyl groups is 2. The van der Waals surface area contributed by atoms with Crippen molar-refractivity contribution in [2.75, 3.05) is 32.7 Å². The van der Waals surface area contributed by atoms with Crippen LogP contribution in [0.15, 0.2) is 66.4 Å². The van der Waals surface area contributed by atoms with Gasteiger partial charge >= 0.3 is 5.97 Å². The summed E-state index contributed by atoms with van der Waals surface area (Å²) in [6.07, 6.45) is 9.21. The number of hydrogen-bond acceptors (Lipinski definition) is 12. The summed E-state index contributed by atoms with van der Waals surface area (Å²) < 4.78 is 33.1. The fourth-order valence-corrected chi connectivity index (χ4v) is 11.5. The Morgan fingerprint density at radius 1 is 0.971 bits per heavy atom. The van der Waals surface area contributed by atoms with E-state index in [1.54, 1.807) is 28.1 Å². The molecule has 2 bridgehead atoms. The molecule has 14 unspecified atom stereocenters. The van der Waals surface area contributed by atoms with Crippen LogP contribution in [0.1, 0.15) is 119 Å². The smallest absolute Gasteiger partial charge is 0.329 e. The van der Waals surface area contributed by atoms with Crippen molar-refractivity contribution >= 4 is 40.0 Å². The van der Waals surface area contributed by atoms with Crippen LogP contribution in [0.4, 0.5) is 5.69 Å². The molecule has 3 fully saturated rings. The second-order valence-electron chi connectivity index (χ2n) is 20.6. The third kappa shape index (κ3) is 12.7. The van der Waals surface area contributed by atoms with Crippen molar-refractivity contribution in [3.8, 4) is 0 Å². The lowest BCUT2D eigenvalue weighted by Crippen LogP contribution is -2.64. The van der Waals surface area contributed by atoms with Crippen LogP contribution in [-0.4, -0.2) is 125 Å². The van der Waals surface area contributed by atoms with E-state index >= 15 is 0 Å². The number of amides is 1. The van der Waals surface area contributed by atoms with E-state index in [4.69, 9.17) is 23.7 Å². The number of esters is 1. The largest absolute Gasteiger partial charge is 0.456 e. The van der Waals surface area contributed by atoms with E-state index in [1.165, 1.54) is 4.90 Å². The van der Waals surface area contributed by atoms with Crippen LogP contribution in [0.2, 0.25) is 0 Å². The molecule has 3 aliphatic heterocycles. The number of methoxy groups -OCH3 is 2. The molecular weight excluding hydrogens is 879 g/mol. The number of carbonyl (C=O) groups is 4. The summed E-state index contributed by atoms with van der Waals surface area (Å²) in [6.45, 7) is 18.6. The summed E-state index contributed by atoms with van der Waals surface area (Å²) >= 11 is 0. The highest BCUT2D eigenvalue weighted by atomic mass is 16.7. The van der Waals surface area contributed by atoms with Crippen LogP contribution in [0.5, 0.6) is 0 Å². The average Bonchev–Trinajstić information content (AvgIpc) is 3.73. The minimum absolute atomic E-state index is 0.0313. The number of aliphatic hydroxyl groups excluding tert-OH is 1. The summed E-state index contributed by atoms with van der Waals surface area (Å²) in [6, 6.07) is 7.42. The predicted molar refractivity (Wildman–Crippen MR) is 266 cm³/mol. The van der Waals surface area contributed by atoms with Gasteiger partial charge in [-0.05, 0) is 127 Å². The molecule has 2 aromatic rings. The molecule has 382 valence electrons. The highest BCUT2D eigenvalue weighted by Gasteiger charge is 2.56. The zero-order chi connectivity index (χ0) is 50.2. The van der Waals surface area contributed by atoms with E-state index in [2.05, 4.69) is 59.9 Å². The first kappa shape index (κ1) is 54.2.